The zero-order chi connectivity index (χ0) is 14.6. The average molecular weight is 346 g/mol. The number of nitroso groups, excluding NO2 is 1. The number of halogens is 1. The molecule has 1 heterocycles. The van der Waals surface area contributed by atoms with Crippen molar-refractivity contribution in [3.05, 3.63) is 44.8 Å². The molecule has 1 fully saturated rings. The zero-order valence-electron chi connectivity index (χ0n) is 11.9. The molecule has 0 amide bonds. The van der Waals surface area contributed by atoms with Gasteiger partial charge in [0, 0.05) is 15.8 Å². The molecule has 1 aliphatic carbocycles. The first-order valence-electron chi connectivity index (χ1n) is 7.28. The molecule has 21 heavy (non-hydrogen) atoms. The van der Waals surface area contributed by atoms with Crippen molar-refractivity contribution in [2.75, 3.05) is 13.2 Å². The van der Waals surface area contributed by atoms with Crippen LogP contribution in [0.4, 0.5) is 5.69 Å². The summed E-state index contributed by atoms with van der Waals surface area (Å²) in [6.45, 7) is 3.98. The van der Waals surface area contributed by atoms with Gasteiger partial charge in [-0.1, -0.05) is 28.9 Å². The molecule has 1 aliphatic heterocycles. The molecular weight excluding hydrogens is 330 g/mol. The highest BCUT2D eigenvalue weighted by Crippen LogP contribution is 2.51. The summed E-state index contributed by atoms with van der Waals surface area (Å²) in [7, 11) is 0. The van der Waals surface area contributed by atoms with Gasteiger partial charge >= 0.3 is 0 Å². The maximum atomic E-state index is 10.9. The van der Waals surface area contributed by atoms with E-state index in [1.54, 1.807) is 6.07 Å². The van der Waals surface area contributed by atoms with E-state index in [9.17, 15) is 4.91 Å². The first-order valence-corrected chi connectivity index (χ1v) is 8.08. The molecular formula is C17H16BrNO2. The lowest BCUT2D eigenvalue weighted by atomic mass is 9.66. The van der Waals surface area contributed by atoms with Crippen molar-refractivity contribution in [1.82, 2.24) is 0 Å². The van der Waals surface area contributed by atoms with E-state index < -0.39 is 0 Å². The summed E-state index contributed by atoms with van der Waals surface area (Å²) in [4.78, 5) is 10.9. The Kier molecular flexibility index (Phi) is 2.95. The van der Waals surface area contributed by atoms with Gasteiger partial charge in [-0.15, -0.1) is 4.91 Å². The average Bonchev–Trinajstić information content (AvgIpc) is 2.89. The van der Waals surface area contributed by atoms with Gasteiger partial charge < -0.3 is 4.74 Å². The molecule has 2 aromatic carbocycles. The quantitative estimate of drug-likeness (QED) is 0.677. The van der Waals surface area contributed by atoms with Crippen LogP contribution in [-0.4, -0.2) is 13.2 Å². The monoisotopic (exact) mass is 345 g/mol. The van der Waals surface area contributed by atoms with Crippen LogP contribution in [0.1, 0.15) is 30.4 Å². The second-order valence-electron chi connectivity index (χ2n) is 6.47. The van der Waals surface area contributed by atoms with Crippen LogP contribution in [0, 0.1) is 10.3 Å². The maximum Gasteiger partial charge on any atom is 0.108 e. The first-order chi connectivity index (χ1) is 10.1. The molecule has 0 aromatic heterocycles. The molecule has 0 radical (unpaired) electrons. The van der Waals surface area contributed by atoms with E-state index in [-0.39, 0.29) is 5.41 Å². The van der Waals surface area contributed by atoms with Gasteiger partial charge in [-0.25, -0.2) is 0 Å². The number of benzene rings is 2. The van der Waals surface area contributed by atoms with Crippen molar-refractivity contribution in [2.24, 2.45) is 10.6 Å². The van der Waals surface area contributed by atoms with Gasteiger partial charge in [0.2, 0.25) is 0 Å². The fourth-order valence-corrected chi connectivity index (χ4v) is 4.52. The Hall–Kier alpha value is -1.26. The van der Waals surface area contributed by atoms with Crippen LogP contribution in [0.25, 0.3) is 10.8 Å². The van der Waals surface area contributed by atoms with Crippen LogP contribution in [0.15, 0.2) is 33.9 Å². The van der Waals surface area contributed by atoms with Crippen molar-refractivity contribution in [3.63, 3.8) is 0 Å². The molecule has 2 unspecified atom stereocenters. The lowest BCUT2D eigenvalue weighted by molar-refractivity contribution is 0.154. The van der Waals surface area contributed by atoms with Gasteiger partial charge in [0.25, 0.3) is 0 Å². The standard InChI is InChI=1S/C17H16BrNO2/c1-17-5-4-11-13-6-10(19-20)2-3-12(13)16(18)7-14(11)15(17)8-21-9-17/h2-3,6-7,15H,4-5,8-9H2,1H3. The number of hydrogen-bond donors (Lipinski definition) is 0. The molecule has 1 saturated heterocycles. The van der Waals surface area contributed by atoms with Crippen molar-refractivity contribution in [1.29, 1.82) is 0 Å². The smallest absolute Gasteiger partial charge is 0.108 e. The highest BCUT2D eigenvalue weighted by atomic mass is 79.9. The van der Waals surface area contributed by atoms with E-state index >= 15 is 0 Å². The second-order valence-corrected chi connectivity index (χ2v) is 7.32. The number of aryl methyl sites for hydroxylation is 1. The lowest BCUT2D eigenvalue weighted by Crippen LogP contribution is -2.30. The van der Waals surface area contributed by atoms with Crippen LogP contribution in [-0.2, 0) is 11.2 Å². The van der Waals surface area contributed by atoms with Crippen LogP contribution in [0.3, 0.4) is 0 Å². The molecule has 108 valence electrons. The molecule has 2 aliphatic rings. The fourth-order valence-electron chi connectivity index (χ4n) is 3.93. The van der Waals surface area contributed by atoms with E-state index in [0.29, 0.717) is 11.6 Å². The van der Waals surface area contributed by atoms with E-state index in [0.717, 1.165) is 41.3 Å². The molecule has 4 rings (SSSR count). The number of hydrogen-bond acceptors (Lipinski definition) is 3. The molecule has 3 nitrogen and oxygen atoms in total. The number of nitrogens with zero attached hydrogens (tertiary/aromatic N) is 1. The summed E-state index contributed by atoms with van der Waals surface area (Å²) in [5, 5.41) is 5.40. The Morgan fingerprint density at radius 2 is 2.19 bits per heavy atom. The SMILES string of the molecule is CC12CCc3c(cc(Br)c4ccc(N=O)cc34)C1COC2. The number of fused-ring (bicyclic) bond motifs is 5. The summed E-state index contributed by atoms with van der Waals surface area (Å²) in [5.41, 5.74) is 3.50. The molecule has 0 bridgehead atoms. The third-order valence-corrected chi connectivity index (χ3v) is 5.86. The van der Waals surface area contributed by atoms with Crippen LogP contribution in [0.2, 0.25) is 0 Å². The Balaban J connectivity index is 2.01. The third kappa shape index (κ3) is 1.89. The summed E-state index contributed by atoms with van der Waals surface area (Å²) in [6, 6.07) is 7.93. The molecule has 0 N–H and O–H groups in total. The first kappa shape index (κ1) is 13.4. The molecule has 0 spiro atoms. The molecule has 4 heteroatoms. The molecule has 2 aromatic rings. The van der Waals surface area contributed by atoms with Gasteiger partial charge in [-0.3, -0.25) is 0 Å². The second kappa shape index (κ2) is 4.62. The highest BCUT2D eigenvalue weighted by Gasteiger charge is 2.44. The summed E-state index contributed by atoms with van der Waals surface area (Å²) >= 11 is 3.69. The van der Waals surface area contributed by atoms with Crippen LogP contribution >= 0.6 is 15.9 Å². The topological polar surface area (TPSA) is 38.7 Å². The Labute approximate surface area is 131 Å². The largest absolute Gasteiger partial charge is 0.380 e. The highest BCUT2D eigenvalue weighted by molar-refractivity contribution is 9.10. The van der Waals surface area contributed by atoms with E-state index in [4.69, 9.17) is 4.74 Å². The summed E-state index contributed by atoms with van der Waals surface area (Å²) in [6.07, 6.45) is 2.18. The van der Waals surface area contributed by atoms with Gasteiger partial charge in [0.1, 0.15) is 5.69 Å². The van der Waals surface area contributed by atoms with E-state index in [1.165, 1.54) is 11.1 Å². The van der Waals surface area contributed by atoms with E-state index in [2.05, 4.69) is 34.1 Å². The number of rotatable bonds is 1. The Bertz CT molecular complexity index is 758. The lowest BCUT2D eigenvalue weighted by Gasteiger charge is -2.36. The predicted octanol–water partition coefficient (Wildman–Crippen LogP) is 5.07. The van der Waals surface area contributed by atoms with Crippen molar-refractivity contribution < 1.29 is 4.74 Å². The van der Waals surface area contributed by atoms with Gasteiger partial charge in [-0.2, -0.15) is 0 Å². The number of ether oxygens (including phenoxy) is 1. The normalized spacial score (nSPS) is 27.4. The third-order valence-electron chi connectivity index (χ3n) is 5.20. The van der Waals surface area contributed by atoms with Crippen molar-refractivity contribution >= 4 is 32.4 Å². The van der Waals surface area contributed by atoms with Crippen LogP contribution in [0.5, 0.6) is 0 Å². The summed E-state index contributed by atoms with van der Waals surface area (Å²) in [5.74, 6) is 0.454. The van der Waals surface area contributed by atoms with Gasteiger partial charge in [-0.05, 0) is 58.1 Å². The molecule has 0 saturated carbocycles. The van der Waals surface area contributed by atoms with Crippen molar-refractivity contribution in [2.45, 2.75) is 25.7 Å². The van der Waals surface area contributed by atoms with Crippen molar-refractivity contribution in [3.8, 4) is 0 Å². The van der Waals surface area contributed by atoms with Gasteiger partial charge in [0.15, 0.2) is 0 Å². The van der Waals surface area contributed by atoms with Crippen LogP contribution < -0.4 is 0 Å². The summed E-state index contributed by atoms with van der Waals surface area (Å²) < 4.78 is 6.85. The Morgan fingerprint density at radius 3 is 3.00 bits per heavy atom. The minimum Gasteiger partial charge on any atom is -0.380 e. The van der Waals surface area contributed by atoms with Gasteiger partial charge in [0.05, 0.1) is 13.2 Å². The fraction of sp³-hybridized carbons (Fsp3) is 0.412. The predicted molar refractivity (Wildman–Crippen MR) is 87.1 cm³/mol. The minimum atomic E-state index is 0.251. The molecule has 2 atom stereocenters. The zero-order valence-corrected chi connectivity index (χ0v) is 13.4. The maximum absolute atomic E-state index is 10.9. The van der Waals surface area contributed by atoms with E-state index in [1.807, 2.05) is 12.1 Å². The minimum absolute atomic E-state index is 0.251. The Morgan fingerprint density at radius 1 is 1.33 bits per heavy atom.